The molecule has 1 saturated heterocycles. The van der Waals surface area contributed by atoms with Crippen LogP contribution in [0.2, 0.25) is 0 Å². The van der Waals surface area contributed by atoms with E-state index in [1.165, 1.54) is 49.3 Å². The van der Waals surface area contributed by atoms with Crippen molar-refractivity contribution in [2.75, 3.05) is 37.7 Å². The van der Waals surface area contributed by atoms with Gasteiger partial charge in [-0.25, -0.2) is 0 Å². The number of thiophene rings is 1. The summed E-state index contributed by atoms with van der Waals surface area (Å²) in [5, 5.41) is 1.96. The van der Waals surface area contributed by atoms with Crippen LogP contribution in [0, 0.1) is 0 Å². The Morgan fingerprint density at radius 1 is 1.04 bits per heavy atom. The number of likely N-dealkylation sites (tertiary alicyclic amines) is 1. The van der Waals surface area contributed by atoms with E-state index in [1.807, 2.05) is 28.5 Å². The van der Waals surface area contributed by atoms with Crippen LogP contribution in [0.5, 0.6) is 5.75 Å². The van der Waals surface area contributed by atoms with Gasteiger partial charge in [0.05, 0.1) is 17.2 Å². The Balaban J connectivity index is 1.43. The van der Waals surface area contributed by atoms with E-state index in [4.69, 9.17) is 4.74 Å². The number of hydrogen-bond donors (Lipinski definition) is 0. The molecule has 1 fully saturated rings. The maximum Gasteiger partial charge on any atom is 0.268 e. The van der Waals surface area contributed by atoms with E-state index in [0.29, 0.717) is 6.61 Å². The Hall–Kier alpha value is -1.85. The summed E-state index contributed by atoms with van der Waals surface area (Å²) in [5.74, 6) is 0.950. The average Bonchev–Trinajstić information content (AvgIpc) is 3.26. The Kier molecular flexibility index (Phi) is 6.10. The monoisotopic (exact) mass is 384 g/mol. The smallest absolute Gasteiger partial charge is 0.268 e. The molecule has 2 aliphatic rings. The van der Waals surface area contributed by atoms with Crippen LogP contribution in [-0.4, -0.2) is 43.6 Å². The number of carbonyl (C=O) groups is 1. The van der Waals surface area contributed by atoms with Crippen molar-refractivity contribution in [3.05, 3.63) is 46.2 Å². The molecule has 0 saturated carbocycles. The quantitative estimate of drug-likeness (QED) is 0.683. The molecule has 0 spiro atoms. The molecule has 2 aromatic rings. The zero-order chi connectivity index (χ0) is 18.5. The Morgan fingerprint density at radius 2 is 1.93 bits per heavy atom. The number of rotatable bonds is 6. The predicted molar refractivity (Wildman–Crippen MR) is 111 cm³/mol. The molecule has 4 rings (SSSR count). The summed E-state index contributed by atoms with van der Waals surface area (Å²) in [5.41, 5.74) is 2.21. The molecular weight excluding hydrogens is 356 g/mol. The van der Waals surface area contributed by atoms with Gasteiger partial charge >= 0.3 is 0 Å². The van der Waals surface area contributed by atoms with Gasteiger partial charge in [-0.05, 0) is 68.3 Å². The summed E-state index contributed by atoms with van der Waals surface area (Å²) in [7, 11) is 0. The van der Waals surface area contributed by atoms with Crippen LogP contribution in [0.1, 0.15) is 47.3 Å². The van der Waals surface area contributed by atoms with Crippen LogP contribution in [0.25, 0.3) is 0 Å². The predicted octanol–water partition coefficient (Wildman–Crippen LogP) is 4.60. The van der Waals surface area contributed by atoms with Gasteiger partial charge in [-0.15, -0.1) is 11.3 Å². The zero-order valence-corrected chi connectivity index (χ0v) is 16.7. The van der Waals surface area contributed by atoms with Crippen LogP contribution in [-0.2, 0) is 6.42 Å². The lowest BCUT2D eigenvalue weighted by Gasteiger charge is -2.31. The fraction of sp³-hybridized carbons (Fsp3) is 0.500. The molecule has 2 aliphatic heterocycles. The number of carbonyl (C=O) groups excluding carboxylic acids is 1. The number of fused-ring (bicyclic) bond motifs is 1. The van der Waals surface area contributed by atoms with Crippen molar-refractivity contribution in [3.63, 3.8) is 0 Å². The normalized spacial score (nSPS) is 17.6. The van der Waals surface area contributed by atoms with Crippen molar-refractivity contribution in [3.8, 4) is 5.75 Å². The molecule has 0 unspecified atom stereocenters. The second-order valence-corrected chi connectivity index (χ2v) is 8.35. The molecule has 0 N–H and O–H groups in total. The number of hydrogen-bond acceptors (Lipinski definition) is 4. The lowest BCUT2D eigenvalue weighted by molar-refractivity contribution is 0.0988. The third-order valence-electron chi connectivity index (χ3n) is 5.48. The third-order valence-corrected chi connectivity index (χ3v) is 6.34. The molecular formula is C22H28N2O2S. The van der Waals surface area contributed by atoms with Gasteiger partial charge in [-0.1, -0.05) is 24.6 Å². The van der Waals surface area contributed by atoms with Gasteiger partial charge in [-0.3, -0.25) is 4.79 Å². The molecule has 1 aromatic carbocycles. The van der Waals surface area contributed by atoms with E-state index in [1.54, 1.807) is 0 Å². The van der Waals surface area contributed by atoms with Crippen molar-refractivity contribution in [1.82, 2.24) is 4.90 Å². The number of ether oxygens (including phenoxy) is 1. The number of nitrogens with zero attached hydrogens (tertiary/aromatic N) is 2. The molecule has 0 aliphatic carbocycles. The zero-order valence-electron chi connectivity index (χ0n) is 15.9. The summed E-state index contributed by atoms with van der Waals surface area (Å²) in [6.07, 6.45) is 7.07. The Bertz CT molecular complexity index is 754. The highest BCUT2D eigenvalue weighted by Gasteiger charge is 2.27. The van der Waals surface area contributed by atoms with Gasteiger partial charge in [0.15, 0.2) is 0 Å². The average molecular weight is 385 g/mol. The molecule has 5 heteroatoms. The second-order valence-electron chi connectivity index (χ2n) is 7.41. The van der Waals surface area contributed by atoms with Gasteiger partial charge in [0, 0.05) is 13.1 Å². The van der Waals surface area contributed by atoms with E-state index < -0.39 is 0 Å². The first kappa shape index (κ1) is 18.5. The highest BCUT2D eigenvalue weighted by atomic mass is 32.1. The van der Waals surface area contributed by atoms with Gasteiger partial charge < -0.3 is 14.5 Å². The van der Waals surface area contributed by atoms with Crippen LogP contribution in [0.4, 0.5) is 5.69 Å². The highest BCUT2D eigenvalue weighted by Crippen LogP contribution is 2.37. The van der Waals surface area contributed by atoms with E-state index in [0.717, 1.165) is 48.7 Å². The van der Waals surface area contributed by atoms with E-state index >= 15 is 0 Å². The van der Waals surface area contributed by atoms with E-state index in [9.17, 15) is 4.79 Å². The standard InChI is InChI=1S/C22H28N2O2S/c25-22(20-11-6-17-27-20)24-15-5-9-18-8-4-10-19(21(18)24)26-16-7-14-23-12-2-1-3-13-23/h4,6,8,10-11,17H,1-3,5,7,9,12-16H2. The number of piperidine rings is 1. The first-order valence-electron chi connectivity index (χ1n) is 10.2. The topological polar surface area (TPSA) is 32.8 Å². The summed E-state index contributed by atoms with van der Waals surface area (Å²) >= 11 is 1.50. The second kappa shape index (κ2) is 8.89. The van der Waals surface area contributed by atoms with Crippen LogP contribution >= 0.6 is 11.3 Å². The molecule has 1 aromatic heterocycles. The summed E-state index contributed by atoms with van der Waals surface area (Å²) in [4.78, 5) is 18.2. The van der Waals surface area contributed by atoms with Crippen molar-refractivity contribution < 1.29 is 9.53 Å². The maximum atomic E-state index is 13.0. The van der Waals surface area contributed by atoms with Gasteiger partial charge in [0.1, 0.15) is 5.75 Å². The van der Waals surface area contributed by atoms with Gasteiger partial charge in [0.25, 0.3) is 5.91 Å². The molecule has 0 bridgehead atoms. The lowest BCUT2D eigenvalue weighted by atomic mass is 10.0. The SMILES string of the molecule is O=C(c1cccs1)N1CCCc2cccc(OCCCN3CCCCC3)c21. The minimum atomic E-state index is 0.0929. The minimum absolute atomic E-state index is 0.0929. The summed E-state index contributed by atoms with van der Waals surface area (Å²) in [6, 6.07) is 10.0. The van der Waals surface area contributed by atoms with Crippen LogP contribution in [0.3, 0.4) is 0 Å². The van der Waals surface area contributed by atoms with Crippen molar-refractivity contribution in [1.29, 1.82) is 0 Å². The first-order valence-corrected chi connectivity index (χ1v) is 11.0. The first-order chi connectivity index (χ1) is 13.3. The number of amides is 1. The largest absolute Gasteiger partial charge is 0.491 e. The van der Waals surface area contributed by atoms with Crippen LogP contribution in [0.15, 0.2) is 35.7 Å². The van der Waals surface area contributed by atoms with Crippen molar-refractivity contribution in [2.24, 2.45) is 0 Å². The van der Waals surface area contributed by atoms with Crippen LogP contribution < -0.4 is 9.64 Å². The Labute approximate surface area is 165 Å². The third kappa shape index (κ3) is 4.36. The maximum absolute atomic E-state index is 13.0. The number of aryl methyl sites for hydroxylation is 1. The lowest BCUT2D eigenvalue weighted by Crippen LogP contribution is -2.35. The van der Waals surface area contributed by atoms with E-state index in [2.05, 4.69) is 17.0 Å². The Morgan fingerprint density at radius 3 is 2.74 bits per heavy atom. The number of benzene rings is 1. The number of anilines is 1. The van der Waals surface area contributed by atoms with Gasteiger partial charge in [0.2, 0.25) is 0 Å². The fourth-order valence-electron chi connectivity index (χ4n) is 4.12. The fourth-order valence-corrected chi connectivity index (χ4v) is 4.79. The van der Waals surface area contributed by atoms with Gasteiger partial charge in [-0.2, -0.15) is 0 Å². The van der Waals surface area contributed by atoms with Crippen molar-refractivity contribution in [2.45, 2.75) is 38.5 Å². The van der Waals surface area contributed by atoms with Crippen molar-refractivity contribution >= 4 is 22.9 Å². The molecule has 0 atom stereocenters. The molecule has 1 amide bonds. The molecule has 144 valence electrons. The number of para-hydroxylation sites is 1. The molecule has 4 nitrogen and oxygen atoms in total. The minimum Gasteiger partial charge on any atom is -0.491 e. The summed E-state index contributed by atoms with van der Waals surface area (Å²) in [6.45, 7) is 5.02. The summed E-state index contributed by atoms with van der Waals surface area (Å²) < 4.78 is 6.18. The highest BCUT2D eigenvalue weighted by molar-refractivity contribution is 7.12. The molecule has 3 heterocycles. The molecule has 0 radical (unpaired) electrons. The molecule has 27 heavy (non-hydrogen) atoms. The van der Waals surface area contributed by atoms with E-state index in [-0.39, 0.29) is 5.91 Å².